The Labute approximate surface area is 163 Å². The van der Waals surface area contributed by atoms with Gasteiger partial charge < -0.3 is 14.2 Å². The van der Waals surface area contributed by atoms with E-state index < -0.39 is 0 Å². The number of nitrogens with zero attached hydrogens (tertiary/aromatic N) is 4. The number of carbonyl (C=O) groups is 2. The Morgan fingerprint density at radius 1 is 1.18 bits per heavy atom. The standard InChI is InChI=1S/C21H22N4O3/c1-15(26)19-23-18-10-5-11-22-20(18)25(19)13-17-9-6-12-24(17)21(27)28-14-16-7-3-2-4-8-16/h2-5,7-8,10-11,17H,6,9,12-14H2,1H3/t17-/m0/s1. The Morgan fingerprint density at radius 2 is 2.00 bits per heavy atom. The average molecular weight is 378 g/mol. The summed E-state index contributed by atoms with van der Waals surface area (Å²) in [6.45, 7) is 2.87. The molecule has 0 saturated carbocycles. The second-order valence-electron chi connectivity index (χ2n) is 6.98. The highest BCUT2D eigenvalue weighted by atomic mass is 16.6. The van der Waals surface area contributed by atoms with Crippen LogP contribution in [0.1, 0.15) is 35.9 Å². The summed E-state index contributed by atoms with van der Waals surface area (Å²) in [7, 11) is 0. The molecule has 0 N–H and O–H groups in total. The van der Waals surface area contributed by atoms with E-state index in [4.69, 9.17) is 4.74 Å². The number of hydrogen-bond acceptors (Lipinski definition) is 5. The van der Waals surface area contributed by atoms with E-state index in [1.54, 1.807) is 17.2 Å². The van der Waals surface area contributed by atoms with Gasteiger partial charge in [-0.05, 0) is 30.5 Å². The molecule has 0 aliphatic carbocycles. The minimum atomic E-state index is -0.326. The molecule has 1 aliphatic heterocycles. The van der Waals surface area contributed by atoms with Crippen LogP contribution in [0.4, 0.5) is 4.79 Å². The number of rotatable bonds is 5. The number of benzene rings is 1. The molecule has 0 unspecified atom stereocenters. The zero-order chi connectivity index (χ0) is 19.5. The Kier molecular flexibility index (Phi) is 5.06. The first kappa shape index (κ1) is 18.2. The predicted molar refractivity (Wildman–Crippen MR) is 104 cm³/mol. The number of amides is 1. The van der Waals surface area contributed by atoms with E-state index in [9.17, 15) is 9.59 Å². The lowest BCUT2D eigenvalue weighted by Crippen LogP contribution is -2.38. The fourth-order valence-corrected chi connectivity index (χ4v) is 3.68. The summed E-state index contributed by atoms with van der Waals surface area (Å²) >= 11 is 0. The van der Waals surface area contributed by atoms with Gasteiger partial charge in [0.15, 0.2) is 17.3 Å². The minimum Gasteiger partial charge on any atom is -0.445 e. The number of fused-ring (bicyclic) bond motifs is 1. The summed E-state index contributed by atoms with van der Waals surface area (Å²) in [6.07, 6.45) is 3.11. The number of pyridine rings is 1. The lowest BCUT2D eigenvalue weighted by molar-refractivity contribution is 0.0892. The molecule has 0 bridgehead atoms. The molecule has 4 rings (SSSR count). The molecular weight excluding hydrogens is 356 g/mol. The van der Waals surface area contributed by atoms with Crippen molar-refractivity contribution in [2.24, 2.45) is 0 Å². The number of ketones is 1. The van der Waals surface area contributed by atoms with Gasteiger partial charge in [-0.2, -0.15) is 0 Å². The summed E-state index contributed by atoms with van der Waals surface area (Å²) < 4.78 is 7.33. The molecular formula is C21H22N4O3. The van der Waals surface area contributed by atoms with Crippen molar-refractivity contribution in [3.63, 3.8) is 0 Å². The summed E-state index contributed by atoms with van der Waals surface area (Å²) in [5, 5.41) is 0. The minimum absolute atomic E-state index is 0.0548. The Hall–Kier alpha value is -3.22. The summed E-state index contributed by atoms with van der Waals surface area (Å²) in [5.74, 6) is 0.257. The topological polar surface area (TPSA) is 77.3 Å². The van der Waals surface area contributed by atoms with Gasteiger partial charge >= 0.3 is 6.09 Å². The van der Waals surface area contributed by atoms with Crippen molar-refractivity contribution in [1.82, 2.24) is 19.4 Å². The molecule has 144 valence electrons. The normalized spacial score (nSPS) is 16.5. The van der Waals surface area contributed by atoms with E-state index in [0.717, 1.165) is 18.4 Å². The second-order valence-corrected chi connectivity index (χ2v) is 6.98. The molecule has 28 heavy (non-hydrogen) atoms. The van der Waals surface area contributed by atoms with E-state index in [2.05, 4.69) is 9.97 Å². The van der Waals surface area contributed by atoms with Gasteiger partial charge in [-0.1, -0.05) is 30.3 Å². The predicted octanol–water partition coefficient (Wildman–Crippen LogP) is 3.44. The molecule has 3 aromatic rings. The zero-order valence-electron chi connectivity index (χ0n) is 15.7. The average Bonchev–Trinajstić information content (AvgIpc) is 3.32. The molecule has 7 heteroatoms. The maximum atomic E-state index is 12.6. The molecule has 1 atom stereocenters. The van der Waals surface area contributed by atoms with Gasteiger partial charge in [0.05, 0.1) is 6.04 Å². The van der Waals surface area contributed by atoms with Crippen LogP contribution in [0.5, 0.6) is 0 Å². The largest absolute Gasteiger partial charge is 0.445 e. The monoisotopic (exact) mass is 378 g/mol. The summed E-state index contributed by atoms with van der Waals surface area (Å²) in [5.41, 5.74) is 2.30. The number of imidazole rings is 1. The van der Waals surface area contributed by atoms with Crippen molar-refractivity contribution in [2.45, 2.75) is 39.0 Å². The van der Waals surface area contributed by atoms with Crippen LogP contribution in [-0.2, 0) is 17.9 Å². The number of Topliss-reactive ketones (excluding diaryl/α,β-unsaturated/α-hetero) is 1. The highest BCUT2D eigenvalue weighted by Gasteiger charge is 2.31. The number of hydrogen-bond donors (Lipinski definition) is 0. The van der Waals surface area contributed by atoms with Crippen molar-refractivity contribution < 1.29 is 14.3 Å². The van der Waals surface area contributed by atoms with Crippen LogP contribution in [0.15, 0.2) is 48.7 Å². The molecule has 2 aromatic heterocycles. The molecule has 1 saturated heterocycles. The van der Waals surface area contributed by atoms with Gasteiger partial charge in [-0.3, -0.25) is 4.79 Å². The maximum absolute atomic E-state index is 12.6. The quantitative estimate of drug-likeness (QED) is 0.636. The number of carbonyl (C=O) groups excluding carboxylic acids is 2. The fourth-order valence-electron chi connectivity index (χ4n) is 3.68. The Morgan fingerprint density at radius 3 is 2.79 bits per heavy atom. The molecule has 1 fully saturated rings. The van der Waals surface area contributed by atoms with Crippen molar-refractivity contribution in [2.75, 3.05) is 6.54 Å². The van der Waals surface area contributed by atoms with Gasteiger partial charge in [0, 0.05) is 26.2 Å². The van der Waals surface area contributed by atoms with E-state index in [-0.39, 0.29) is 24.5 Å². The van der Waals surface area contributed by atoms with Crippen LogP contribution in [0.25, 0.3) is 11.2 Å². The highest BCUT2D eigenvalue weighted by Crippen LogP contribution is 2.23. The summed E-state index contributed by atoms with van der Waals surface area (Å²) in [4.78, 5) is 35.3. The van der Waals surface area contributed by atoms with E-state index in [0.29, 0.717) is 30.1 Å². The van der Waals surface area contributed by atoms with Gasteiger partial charge in [0.1, 0.15) is 12.1 Å². The van der Waals surface area contributed by atoms with Crippen LogP contribution in [0, 0.1) is 0 Å². The zero-order valence-corrected chi connectivity index (χ0v) is 15.7. The molecule has 1 aromatic carbocycles. The van der Waals surface area contributed by atoms with E-state index in [1.165, 1.54) is 6.92 Å². The Balaban J connectivity index is 1.51. The molecule has 0 radical (unpaired) electrons. The van der Waals surface area contributed by atoms with Crippen molar-refractivity contribution in [3.8, 4) is 0 Å². The smallest absolute Gasteiger partial charge is 0.410 e. The van der Waals surface area contributed by atoms with Crippen molar-refractivity contribution >= 4 is 23.0 Å². The molecule has 7 nitrogen and oxygen atoms in total. The van der Waals surface area contributed by atoms with Crippen molar-refractivity contribution in [3.05, 3.63) is 60.0 Å². The third-order valence-electron chi connectivity index (χ3n) is 5.03. The van der Waals surface area contributed by atoms with Crippen LogP contribution >= 0.6 is 0 Å². The third-order valence-corrected chi connectivity index (χ3v) is 5.03. The molecule has 3 heterocycles. The van der Waals surface area contributed by atoms with Crippen LogP contribution < -0.4 is 0 Å². The lowest BCUT2D eigenvalue weighted by atomic mass is 10.2. The Bertz CT molecular complexity index is 999. The highest BCUT2D eigenvalue weighted by molar-refractivity contribution is 5.94. The lowest BCUT2D eigenvalue weighted by Gasteiger charge is -2.25. The first-order valence-electron chi connectivity index (χ1n) is 9.43. The van der Waals surface area contributed by atoms with Crippen LogP contribution in [0.3, 0.4) is 0 Å². The van der Waals surface area contributed by atoms with E-state index >= 15 is 0 Å². The van der Waals surface area contributed by atoms with Crippen LogP contribution in [-0.4, -0.2) is 43.9 Å². The van der Waals surface area contributed by atoms with Gasteiger partial charge in [0.2, 0.25) is 0 Å². The maximum Gasteiger partial charge on any atom is 0.410 e. The summed E-state index contributed by atoms with van der Waals surface area (Å²) in [6, 6.07) is 13.2. The van der Waals surface area contributed by atoms with E-state index in [1.807, 2.05) is 41.0 Å². The first-order chi connectivity index (χ1) is 13.6. The number of aromatic nitrogens is 3. The number of likely N-dealkylation sites (tertiary alicyclic amines) is 1. The first-order valence-corrected chi connectivity index (χ1v) is 9.43. The fraction of sp³-hybridized carbons (Fsp3) is 0.333. The van der Waals surface area contributed by atoms with Gasteiger partial charge in [-0.15, -0.1) is 0 Å². The molecule has 0 spiro atoms. The third kappa shape index (κ3) is 3.60. The number of ether oxygens (including phenoxy) is 1. The van der Waals surface area contributed by atoms with Gasteiger partial charge in [-0.25, -0.2) is 14.8 Å². The second kappa shape index (κ2) is 7.80. The van der Waals surface area contributed by atoms with Gasteiger partial charge in [0.25, 0.3) is 0 Å². The SMILES string of the molecule is CC(=O)c1nc2cccnc2n1C[C@@H]1CCCN1C(=O)OCc1ccccc1. The molecule has 1 amide bonds. The molecule has 1 aliphatic rings. The van der Waals surface area contributed by atoms with Crippen molar-refractivity contribution in [1.29, 1.82) is 0 Å². The van der Waals surface area contributed by atoms with Crippen LogP contribution in [0.2, 0.25) is 0 Å².